The van der Waals surface area contributed by atoms with Gasteiger partial charge in [0.15, 0.2) is 0 Å². The summed E-state index contributed by atoms with van der Waals surface area (Å²) in [6.45, 7) is -0.563. The summed E-state index contributed by atoms with van der Waals surface area (Å²) in [5, 5.41) is 0. The molecular formula is C7H8F4N2. The zero-order valence-corrected chi connectivity index (χ0v) is 6.68. The molecule has 0 aliphatic carbocycles. The molecule has 0 amide bonds. The molecule has 2 nitrogen and oxygen atoms in total. The van der Waals surface area contributed by atoms with Gasteiger partial charge in [-0.15, -0.1) is 0 Å². The van der Waals surface area contributed by atoms with Gasteiger partial charge in [-0.3, -0.25) is 0 Å². The Morgan fingerprint density at radius 1 is 1.38 bits per heavy atom. The maximum Gasteiger partial charge on any atom is 0.394 e. The van der Waals surface area contributed by atoms with Crippen molar-refractivity contribution in [1.29, 1.82) is 0 Å². The molecule has 0 aliphatic rings. The van der Waals surface area contributed by atoms with E-state index in [1.165, 1.54) is 17.1 Å². The molecule has 0 unspecified atom stereocenters. The van der Waals surface area contributed by atoms with Crippen molar-refractivity contribution in [3.05, 3.63) is 18.2 Å². The molecule has 0 fully saturated rings. The maximum atomic E-state index is 11.8. The number of hydrogen-bond donors (Lipinski definition) is 0. The van der Waals surface area contributed by atoms with E-state index >= 15 is 0 Å². The minimum absolute atomic E-state index is 0.0465. The fourth-order valence-electron chi connectivity index (χ4n) is 0.923. The molecule has 0 N–H and O–H groups in total. The summed E-state index contributed by atoms with van der Waals surface area (Å²) >= 11 is 0. The van der Waals surface area contributed by atoms with E-state index in [0.717, 1.165) is 0 Å². The van der Waals surface area contributed by atoms with Gasteiger partial charge in [0.2, 0.25) is 0 Å². The van der Waals surface area contributed by atoms with Crippen LogP contribution in [0.5, 0.6) is 0 Å². The maximum absolute atomic E-state index is 11.8. The van der Waals surface area contributed by atoms with Crippen LogP contribution in [0.15, 0.2) is 12.5 Å². The molecule has 1 heterocycles. The predicted molar refractivity (Wildman–Crippen MR) is 38.0 cm³/mol. The highest BCUT2D eigenvalue weighted by atomic mass is 19.4. The average molecular weight is 196 g/mol. The number of imidazole rings is 1. The lowest BCUT2D eigenvalue weighted by Crippen LogP contribution is -2.11. The van der Waals surface area contributed by atoms with Crippen LogP contribution in [0.4, 0.5) is 17.6 Å². The van der Waals surface area contributed by atoms with Crippen LogP contribution in [0.2, 0.25) is 0 Å². The molecule has 0 bridgehead atoms. The topological polar surface area (TPSA) is 17.8 Å². The Labute approximate surface area is 72.2 Å². The first-order valence-electron chi connectivity index (χ1n) is 3.64. The van der Waals surface area contributed by atoms with Gasteiger partial charge < -0.3 is 4.57 Å². The van der Waals surface area contributed by atoms with Crippen LogP contribution in [0, 0.1) is 0 Å². The van der Waals surface area contributed by atoms with Gasteiger partial charge >= 0.3 is 6.18 Å². The first-order chi connectivity index (χ1) is 6.01. The normalized spacial score (nSPS) is 12.0. The highest BCUT2D eigenvalue weighted by Gasteiger charge is 2.28. The lowest BCUT2D eigenvalue weighted by molar-refractivity contribution is -0.127. The summed E-state index contributed by atoms with van der Waals surface area (Å²) in [6, 6.07) is 0. The Hall–Kier alpha value is -1.07. The van der Waals surface area contributed by atoms with Gasteiger partial charge in [0.05, 0.1) is 25.0 Å². The zero-order valence-electron chi connectivity index (χ0n) is 6.68. The highest BCUT2D eigenvalue weighted by Crippen LogP contribution is 2.19. The molecule has 6 heteroatoms. The molecule has 74 valence electrons. The van der Waals surface area contributed by atoms with Gasteiger partial charge in [0.1, 0.15) is 6.67 Å². The first-order valence-corrected chi connectivity index (χ1v) is 3.64. The Bertz CT molecular complexity index is 266. The summed E-state index contributed by atoms with van der Waals surface area (Å²) < 4.78 is 48.5. The molecule has 0 radical (unpaired) electrons. The van der Waals surface area contributed by atoms with Crippen molar-refractivity contribution in [1.82, 2.24) is 9.55 Å². The lowest BCUT2D eigenvalue weighted by atomic mass is 10.3. The van der Waals surface area contributed by atoms with Crippen molar-refractivity contribution in [2.24, 2.45) is 0 Å². The number of halogens is 4. The van der Waals surface area contributed by atoms with Crippen LogP contribution < -0.4 is 0 Å². The van der Waals surface area contributed by atoms with E-state index in [4.69, 9.17) is 0 Å². The van der Waals surface area contributed by atoms with E-state index in [-0.39, 0.29) is 12.2 Å². The van der Waals surface area contributed by atoms with Gasteiger partial charge in [0, 0.05) is 6.20 Å². The third-order valence-corrected chi connectivity index (χ3v) is 1.41. The second-order valence-electron chi connectivity index (χ2n) is 2.58. The third-order valence-electron chi connectivity index (χ3n) is 1.41. The first kappa shape index (κ1) is 10.0. The smallest absolute Gasteiger partial charge is 0.335 e. The van der Waals surface area contributed by atoms with Crippen molar-refractivity contribution in [3.63, 3.8) is 0 Å². The standard InChI is InChI=1S/C7H8F4N2/c8-1-2-13-4-6(12-5-13)3-7(9,10)11/h4-5H,1-3H2. The minimum Gasteiger partial charge on any atom is -0.335 e. The van der Waals surface area contributed by atoms with Crippen molar-refractivity contribution >= 4 is 0 Å². The summed E-state index contributed by atoms with van der Waals surface area (Å²) in [5.74, 6) is 0. The minimum atomic E-state index is -4.26. The van der Waals surface area contributed by atoms with Gasteiger partial charge in [-0.25, -0.2) is 9.37 Å². The molecule has 0 spiro atoms. The molecule has 0 aromatic carbocycles. The molecule has 1 aromatic heterocycles. The van der Waals surface area contributed by atoms with Gasteiger partial charge in [0.25, 0.3) is 0 Å². The monoisotopic (exact) mass is 196 g/mol. The van der Waals surface area contributed by atoms with E-state index in [9.17, 15) is 17.6 Å². The largest absolute Gasteiger partial charge is 0.394 e. The van der Waals surface area contributed by atoms with Gasteiger partial charge in [-0.2, -0.15) is 13.2 Å². The summed E-state index contributed by atoms with van der Waals surface area (Å²) in [5.41, 5.74) is -0.0825. The Kier molecular flexibility index (Phi) is 2.90. The fourth-order valence-corrected chi connectivity index (χ4v) is 0.923. The van der Waals surface area contributed by atoms with Gasteiger partial charge in [-0.05, 0) is 0 Å². The number of hydrogen-bond acceptors (Lipinski definition) is 1. The highest BCUT2D eigenvalue weighted by molar-refractivity contribution is 4.98. The van der Waals surface area contributed by atoms with E-state index in [1.54, 1.807) is 0 Å². The Morgan fingerprint density at radius 3 is 2.62 bits per heavy atom. The summed E-state index contributed by atoms with van der Waals surface area (Å²) in [4.78, 5) is 3.50. The lowest BCUT2D eigenvalue weighted by Gasteiger charge is -2.01. The van der Waals surface area contributed by atoms with Crippen molar-refractivity contribution in [2.45, 2.75) is 19.1 Å². The van der Waals surface area contributed by atoms with Gasteiger partial charge in [-0.1, -0.05) is 0 Å². The van der Waals surface area contributed by atoms with Crippen LogP contribution >= 0.6 is 0 Å². The number of aromatic nitrogens is 2. The molecule has 0 aliphatic heterocycles. The predicted octanol–water partition coefficient (Wildman–Crippen LogP) is 1.96. The number of alkyl halides is 4. The molecular weight excluding hydrogens is 188 g/mol. The summed E-state index contributed by atoms with van der Waals surface area (Å²) in [7, 11) is 0. The van der Waals surface area contributed by atoms with E-state index in [1.807, 2.05) is 0 Å². The van der Waals surface area contributed by atoms with E-state index in [0.29, 0.717) is 0 Å². The second-order valence-corrected chi connectivity index (χ2v) is 2.58. The zero-order chi connectivity index (χ0) is 9.90. The van der Waals surface area contributed by atoms with Crippen molar-refractivity contribution in [3.8, 4) is 0 Å². The molecule has 1 aromatic rings. The fraction of sp³-hybridized carbons (Fsp3) is 0.571. The molecule has 0 saturated carbocycles. The SMILES string of the molecule is FCCn1cnc(CC(F)(F)F)c1. The van der Waals surface area contributed by atoms with Crippen LogP contribution in [-0.4, -0.2) is 22.4 Å². The number of nitrogens with zero attached hydrogens (tertiary/aromatic N) is 2. The molecule has 0 saturated heterocycles. The quantitative estimate of drug-likeness (QED) is 0.675. The Balaban J connectivity index is 2.59. The number of rotatable bonds is 3. The van der Waals surface area contributed by atoms with Crippen LogP contribution in [0.1, 0.15) is 5.69 Å². The third kappa shape index (κ3) is 3.43. The Morgan fingerprint density at radius 2 is 2.08 bits per heavy atom. The molecule has 13 heavy (non-hydrogen) atoms. The summed E-state index contributed by atoms with van der Waals surface area (Å²) in [6.07, 6.45) is -2.92. The second kappa shape index (κ2) is 3.76. The van der Waals surface area contributed by atoms with Crippen LogP contribution in [0.25, 0.3) is 0 Å². The molecule has 1 rings (SSSR count). The van der Waals surface area contributed by atoms with Crippen molar-refractivity contribution < 1.29 is 17.6 Å². The molecule has 0 atom stereocenters. The van der Waals surface area contributed by atoms with Crippen molar-refractivity contribution in [2.75, 3.05) is 6.67 Å². The van der Waals surface area contributed by atoms with Crippen LogP contribution in [0.3, 0.4) is 0 Å². The van der Waals surface area contributed by atoms with Crippen LogP contribution in [-0.2, 0) is 13.0 Å². The average Bonchev–Trinajstić information content (AvgIpc) is 2.33. The van der Waals surface area contributed by atoms with E-state index in [2.05, 4.69) is 4.98 Å². The number of aryl methyl sites for hydroxylation is 1. The van der Waals surface area contributed by atoms with E-state index < -0.39 is 19.3 Å².